The van der Waals surface area contributed by atoms with Gasteiger partial charge in [0.05, 0.1) is 5.75 Å². The third-order valence-electron chi connectivity index (χ3n) is 6.22. The second-order valence-corrected chi connectivity index (χ2v) is 11.3. The van der Waals surface area contributed by atoms with Crippen molar-refractivity contribution < 1.29 is 17.2 Å². The zero-order chi connectivity index (χ0) is 24.1. The van der Waals surface area contributed by atoms with Crippen LogP contribution >= 0.6 is 0 Å². The molecule has 34 heavy (non-hydrogen) atoms. The SMILES string of the molecule is CS(=O)(=O)Cc1cccc(CNCCN2Cc3ccc(F)cc3CC2Cc2ccc(F)cc2)c1. The van der Waals surface area contributed by atoms with Crippen molar-refractivity contribution in [3.05, 3.63) is 106 Å². The van der Waals surface area contributed by atoms with E-state index in [4.69, 9.17) is 0 Å². The Hall–Kier alpha value is -2.61. The maximum Gasteiger partial charge on any atom is 0.151 e. The van der Waals surface area contributed by atoms with Crippen molar-refractivity contribution in [1.29, 1.82) is 0 Å². The molecule has 3 aromatic carbocycles. The van der Waals surface area contributed by atoms with Crippen molar-refractivity contribution in [3.63, 3.8) is 0 Å². The smallest absolute Gasteiger partial charge is 0.151 e. The van der Waals surface area contributed by atoms with Gasteiger partial charge in [0, 0.05) is 38.5 Å². The highest BCUT2D eigenvalue weighted by Gasteiger charge is 2.26. The second kappa shape index (κ2) is 10.8. The quantitative estimate of drug-likeness (QED) is 0.461. The highest BCUT2D eigenvalue weighted by molar-refractivity contribution is 7.89. The molecule has 0 aromatic heterocycles. The molecule has 7 heteroatoms. The molecule has 1 unspecified atom stereocenters. The number of benzene rings is 3. The van der Waals surface area contributed by atoms with Crippen molar-refractivity contribution in [2.24, 2.45) is 0 Å². The van der Waals surface area contributed by atoms with Crippen LogP contribution in [0.3, 0.4) is 0 Å². The molecule has 0 bridgehead atoms. The third-order valence-corrected chi connectivity index (χ3v) is 7.08. The molecule has 0 spiro atoms. The van der Waals surface area contributed by atoms with Gasteiger partial charge in [0.25, 0.3) is 0 Å². The van der Waals surface area contributed by atoms with E-state index in [1.807, 2.05) is 42.5 Å². The molecule has 3 aromatic rings. The number of nitrogens with zero attached hydrogens (tertiary/aromatic N) is 1. The number of fused-ring (bicyclic) bond motifs is 1. The molecule has 1 aliphatic heterocycles. The Morgan fingerprint density at radius 2 is 1.65 bits per heavy atom. The maximum atomic E-state index is 13.8. The van der Waals surface area contributed by atoms with Crippen molar-refractivity contribution in [2.75, 3.05) is 19.3 Å². The summed E-state index contributed by atoms with van der Waals surface area (Å²) in [6.45, 7) is 2.96. The average molecular weight is 485 g/mol. The zero-order valence-corrected chi connectivity index (χ0v) is 20.1. The summed E-state index contributed by atoms with van der Waals surface area (Å²) < 4.78 is 50.3. The van der Waals surface area contributed by atoms with Gasteiger partial charge in [-0.2, -0.15) is 0 Å². The van der Waals surface area contributed by atoms with Gasteiger partial charge in [-0.25, -0.2) is 17.2 Å². The summed E-state index contributed by atoms with van der Waals surface area (Å²) in [5.74, 6) is -0.423. The fourth-order valence-electron chi connectivity index (χ4n) is 4.61. The Morgan fingerprint density at radius 3 is 2.41 bits per heavy atom. The summed E-state index contributed by atoms with van der Waals surface area (Å²) in [4.78, 5) is 2.40. The average Bonchev–Trinajstić information content (AvgIpc) is 2.77. The first kappa shape index (κ1) is 24.5. The predicted molar refractivity (Wildman–Crippen MR) is 131 cm³/mol. The van der Waals surface area contributed by atoms with Crippen LogP contribution < -0.4 is 5.32 Å². The molecule has 1 aliphatic rings. The van der Waals surface area contributed by atoms with Gasteiger partial charge in [0.1, 0.15) is 11.6 Å². The minimum Gasteiger partial charge on any atom is -0.311 e. The van der Waals surface area contributed by atoms with Crippen LogP contribution in [-0.4, -0.2) is 38.7 Å². The Bertz CT molecular complexity index is 1230. The largest absolute Gasteiger partial charge is 0.311 e. The molecule has 1 heterocycles. The van der Waals surface area contributed by atoms with E-state index in [9.17, 15) is 17.2 Å². The van der Waals surface area contributed by atoms with Crippen LogP contribution in [0.5, 0.6) is 0 Å². The van der Waals surface area contributed by atoms with Gasteiger partial charge < -0.3 is 5.32 Å². The number of rotatable bonds is 9. The van der Waals surface area contributed by atoms with E-state index in [1.165, 1.54) is 24.5 Å². The third kappa shape index (κ3) is 6.95. The van der Waals surface area contributed by atoms with Gasteiger partial charge >= 0.3 is 0 Å². The first-order chi connectivity index (χ1) is 16.2. The minimum absolute atomic E-state index is 0.0414. The molecule has 4 nitrogen and oxygen atoms in total. The lowest BCUT2D eigenvalue weighted by molar-refractivity contribution is 0.170. The Morgan fingerprint density at radius 1 is 0.912 bits per heavy atom. The molecule has 0 fully saturated rings. The van der Waals surface area contributed by atoms with E-state index in [1.54, 1.807) is 6.07 Å². The highest BCUT2D eigenvalue weighted by atomic mass is 32.2. The summed E-state index contributed by atoms with van der Waals surface area (Å²) in [7, 11) is -3.07. The van der Waals surface area contributed by atoms with E-state index >= 15 is 0 Å². The molecule has 4 rings (SSSR count). The molecular formula is C27H30F2N2O2S. The zero-order valence-electron chi connectivity index (χ0n) is 19.3. The minimum atomic E-state index is -3.07. The highest BCUT2D eigenvalue weighted by Crippen LogP contribution is 2.26. The fraction of sp³-hybridized carbons (Fsp3) is 0.333. The van der Waals surface area contributed by atoms with Gasteiger partial charge in [-0.1, -0.05) is 42.5 Å². The second-order valence-electron chi connectivity index (χ2n) is 9.14. The van der Waals surface area contributed by atoms with Crippen LogP contribution in [0.4, 0.5) is 8.78 Å². The van der Waals surface area contributed by atoms with Crippen molar-refractivity contribution in [1.82, 2.24) is 10.2 Å². The summed E-state index contributed by atoms with van der Waals surface area (Å²) in [6.07, 6.45) is 2.76. The first-order valence-corrected chi connectivity index (χ1v) is 13.5. The number of halogens is 2. The number of hydrogen-bond acceptors (Lipinski definition) is 4. The van der Waals surface area contributed by atoms with E-state index in [0.29, 0.717) is 6.54 Å². The summed E-state index contributed by atoms with van der Waals surface area (Å²) >= 11 is 0. The Labute approximate surface area is 200 Å². The van der Waals surface area contributed by atoms with Crippen LogP contribution in [-0.2, 0) is 41.5 Å². The van der Waals surface area contributed by atoms with Crippen molar-refractivity contribution in [2.45, 2.75) is 37.7 Å². The Balaban J connectivity index is 1.39. The molecule has 1 N–H and O–H groups in total. The molecule has 0 saturated heterocycles. The molecule has 0 saturated carbocycles. The topological polar surface area (TPSA) is 49.4 Å². The number of sulfone groups is 1. The van der Waals surface area contributed by atoms with E-state index in [0.717, 1.165) is 60.3 Å². The van der Waals surface area contributed by atoms with E-state index in [2.05, 4.69) is 10.2 Å². The molecule has 180 valence electrons. The van der Waals surface area contributed by atoms with Crippen LogP contribution in [0.1, 0.15) is 27.8 Å². The normalized spacial score (nSPS) is 16.4. The molecule has 0 amide bonds. The molecular weight excluding hydrogens is 454 g/mol. The molecule has 0 radical (unpaired) electrons. The molecule has 0 aliphatic carbocycles. The lowest BCUT2D eigenvalue weighted by Gasteiger charge is -2.37. The maximum absolute atomic E-state index is 13.8. The van der Waals surface area contributed by atoms with Gasteiger partial charge in [0.15, 0.2) is 9.84 Å². The summed E-state index contributed by atoms with van der Waals surface area (Å²) in [5, 5.41) is 3.46. The standard InChI is InChI=1S/C27H30F2N2O2S/c1-34(32,33)19-22-4-2-3-21(13-22)17-30-11-12-31-18-23-7-10-26(29)15-24(23)16-27(31)14-20-5-8-25(28)9-6-20/h2-10,13,15,27,30H,11-12,14,16-19H2,1H3. The van der Waals surface area contributed by atoms with Gasteiger partial charge in [-0.05, 0) is 64.9 Å². The number of nitrogens with one attached hydrogen (secondary N) is 1. The lowest BCUT2D eigenvalue weighted by Crippen LogP contribution is -2.44. The van der Waals surface area contributed by atoms with Gasteiger partial charge in [0.2, 0.25) is 0 Å². The van der Waals surface area contributed by atoms with Crippen LogP contribution in [0.25, 0.3) is 0 Å². The fourth-order valence-corrected chi connectivity index (χ4v) is 5.40. The van der Waals surface area contributed by atoms with Crippen molar-refractivity contribution >= 4 is 9.84 Å². The van der Waals surface area contributed by atoms with Gasteiger partial charge in [-0.3, -0.25) is 4.90 Å². The van der Waals surface area contributed by atoms with Crippen LogP contribution in [0.2, 0.25) is 0 Å². The van der Waals surface area contributed by atoms with Crippen LogP contribution in [0, 0.1) is 11.6 Å². The Kier molecular flexibility index (Phi) is 7.76. The lowest BCUT2D eigenvalue weighted by atomic mass is 9.90. The monoisotopic (exact) mass is 484 g/mol. The van der Waals surface area contributed by atoms with E-state index < -0.39 is 9.84 Å². The first-order valence-electron chi connectivity index (χ1n) is 11.5. The van der Waals surface area contributed by atoms with Gasteiger partial charge in [-0.15, -0.1) is 0 Å². The number of hydrogen-bond donors (Lipinski definition) is 1. The predicted octanol–water partition coefficient (Wildman–Crippen LogP) is 4.27. The van der Waals surface area contributed by atoms with Crippen molar-refractivity contribution in [3.8, 4) is 0 Å². The van der Waals surface area contributed by atoms with Crippen LogP contribution in [0.15, 0.2) is 66.7 Å². The summed E-state index contributed by atoms with van der Waals surface area (Å²) in [5.41, 5.74) is 5.08. The molecule has 1 atom stereocenters. The summed E-state index contributed by atoms with van der Waals surface area (Å²) in [6, 6.07) is 19.4. The van der Waals surface area contributed by atoms with E-state index in [-0.39, 0.29) is 23.4 Å².